The highest BCUT2D eigenvalue weighted by atomic mass is 16.6. The van der Waals surface area contributed by atoms with E-state index in [-0.39, 0.29) is 36.9 Å². The first-order chi connectivity index (χ1) is 13.8. The van der Waals surface area contributed by atoms with Crippen molar-refractivity contribution >= 4 is 23.5 Å². The Labute approximate surface area is 167 Å². The Bertz CT molecular complexity index is 1000. The van der Waals surface area contributed by atoms with Crippen LogP contribution in [0.4, 0.5) is 5.69 Å². The van der Waals surface area contributed by atoms with Gasteiger partial charge in [-0.3, -0.25) is 29.4 Å². The van der Waals surface area contributed by atoms with E-state index in [1.807, 2.05) is 6.92 Å². The number of non-ortho nitro benzene ring substituents is 1. The average Bonchev–Trinajstić information content (AvgIpc) is 2.92. The lowest BCUT2D eigenvalue weighted by atomic mass is 10.1. The smallest absolute Gasteiger partial charge is 0.306 e. The molecule has 150 valence electrons. The standard InChI is InChI=1S/C21H20N2O6/c1-13-8-9-17-18(11-13)21(26)22(20(17)25)10-4-7-19(24)29-14(2)15-5-3-6-16(12-15)23(27)28/h3,5-6,8-9,11-12,14H,4,7,10H2,1-2H3/t14-/m1/s1. The van der Waals surface area contributed by atoms with Crippen LogP contribution in [0.15, 0.2) is 42.5 Å². The molecular weight excluding hydrogens is 376 g/mol. The highest BCUT2D eigenvalue weighted by molar-refractivity contribution is 6.21. The van der Waals surface area contributed by atoms with Crippen molar-refractivity contribution in [2.45, 2.75) is 32.8 Å². The summed E-state index contributed by atoms with van der Waals surface area (Å²) in [5, 5.41) is 10.9. The summed E-state index contributed by atoms with van der Waals surface area (Å²) in [5.74, 6) is -1.22. The van der Waals surface area contributed by atoms with Crippen LogP contribution < -0.4 is 0 Å². The Kier molecular flexibility index (Phi) is 5.72. The van der Waals surface area contributed by atoms with Gasteiger partial charge in [0, 0.05) is 25.1 Å². The summed E-state index contributed by atoms with van der Waals surface area (Å²) in [6.45, 7) is 3.59. The molecule has 0 bridgehead atoms. The minimum absolute atomic E-state index is 0.0195. The largest absolute Gasteiger partial charge is 0.458 e. The number of fused-ring (bicyclic) bond motifs is 1. The number of nitrogens with zero attached hydrogens (tertiary/aromatic N) is 2. The molecule has 1 aliphatic heterocycles. The Morgan fingerprint density at radius 2 is 1.86 bits per heavy atom. The van der Waals surface area contributed by atoms with Gasteiger partial charge < -0.3 is 4.74 Å². The molecule has 2 aromatic rings. The summed E-state index contributed by atoms with van der Waals surface area (Å²) >= 11 is 0. The van der Waals surface area contributed by atoms with E-state index in [1.165, 1.54) is 18.2 Å². The first-order valence-corrected chi connectivity index (χ1v) is 9.18. The van der Waals surface area contributed by atoms with Crippen molar-refractivity contribution in [3.05, 3.63) is 74.8 Å². The molecule has 29 heavy (non-hydrogen) atoms. The van der Waals surface area contributed by atoms with Crippen molar-refractivity contribution in [3.8, 4) is 0 Å². The summed E-state index contributed by atoms with van der Waals surface area (Å²) < 4.78 is 5.32. The average molecular weight is 396 g/mol. The molecular formula is C21H20N2O6. The number of rotatable bonds is 7. The highest BCUT2D eigenvalue weighted by Gasteiger charge is 2.35. The minimum atomic E-state index is -0.648. The number of carbonyl (C=O) groups excluding carboxylic acids is 3. The molecule has 1 heterocycles. The third kappa shape index (κ3) is 4.31. The quantitative estimate of drug-likeness (QED) is 0.306. The third-order valence-electron chi connectivity index (χ3n) is 4.75. The third-order valence-corrected chi connectivity index (χ3v) is 4.75. The molecule has 1 atom stereocenters. The number of ether oxygens (including phenoxy) is 1. The molecule has 0 aromatic heterocycles. The van der Waals surface area contributed by atoms with Crippen LogP contribution in [0.3, 0.4) is 0 Å². The van der Waals surface area contributed by atoms with Gasteiger partial charge in [-0.05, 0) is 38.0 Å². The maximum Gasteiger partial charge on any atom is 0.306 e. The Morgan fingerprint density at radius 3 is 2.59 bits per heavy atom. The second kappa shape index (κ2) is 8.22. The van der Waals surface area contributed by atoms with E-state index in [9.17, 15) is 24.5 Å². The van der Waals surface area contributed by atoms with Crippen molar-refractivity contribution in [1.82, 2.24) is 4.90 Å². The Morgan fingerprint density at radius 1 is 1.14 bits per heavy atom. The van der Waals surface area contributed by atoms with Gasteiger partial charge in [0.15, 0.2) is 0 Å². The van der Waals surface area contributed by atoms with Gasteiger partial charge in [0.25, 0.3) is 17.5 Å². The zero-order chi connectivity index (χ0) is 21.1. The predicted molar refractivity (Wildman–Crippen MR) is 103 cm³/mol. The molecule has 8 heteroatoms. The van der Waals surface area contributed by atoms with Gasteiger partial charge in [-0.1, -0.05) is 23.8 Å². The van der Waals surface area contributed by atoms with E-state index in [0.29, 0.717) is 16.7 Å². The number of nitro groups is 1. The van der Waals surface area contributed by atoms with Crippen LogP contribution in [0, 0.1) is 17.0 Å². The van der Waals surface area contributed by atoms with E-state index in [0.717, 1.165) is 10.5 Å². The number of hydrogen-bond acceptors (Lipinski definition) is 6. The van der Waals surface area contributed by atoms with E-state index >= 15 is 0 Å². The van der Waals surface area contributed by atoms with Gasteiger partial charge in [0.05, 0.1) is 16.1 Å². The van der Waals surface area contributed by atoms with Crippen molar-refractivity contribution in [2.24, 2.45) is 0 Å². The molecule has 0 unspecified atom stereocenters. The fraction of sp³-hybridized carbons (Fsp3) is 0.286. The fourth-order valence-corrected chi connectivity index (χ4v) is 3.20. The van der Waals surface area contributed by atoms with Crippen molar-refractivity contribution in [2.75, 3.05) is 6.54 Å². The van der Waals surface area contributed by atoms with Crippen LogP contribution in [0.25, 0.3) is 0 Å². The normalized spacial score (nSPS) is 13.9. The number of carbonyl (C=O) groups is 3. The maximum absolute atomic E-state index is 12.4. The summed E-state index contributed by atoms with van der Waals surface area (Å²) in [5.41, 5.74) is 2.10. The number of nitro benzene ring substituents is 1. The molecule has 0 aliphatic carbocycles. The van der Waals surface area contributed by atoms with E-state index in [1.54, 1.807) is 31.2 Å². The molecule has 0 saturated heterocycles. The second-order valence-electron chi connectivity index (χ2n) is 6.90. The number of hydrogen-bond donors (Lipinski definition) is 0. The van der Waals surface area contributed by atoms with Gasteiger partial charge in [-0.25, -0.2) is 0 Å². The molecule has 0 radical (unpaired) electrons. The van der Waals surface area contributed by atoms with Crippen LogP contribution in [-0.2, 0) is 9.53 Å². The van der Waals surface area contributed by atoms with Crippen molar-refractivity contribution in [1.29, 1.82) is 0 Å². The Balaban J connectivity index is 1.53. The first kappa shape index (κ1) is 20.2. The van der Waals surface area contributed by atoms with E-state index < -0.39 is 17.0 Å². The van der Waals surface area contributed by atoms with Gasteiger partial charge in [-0.2, -0.15) is 0 Å². The summed E-state index contributed by atoms with van der Waals surface area (Å²) in [4.78, 5) is 48.4. The lowest BCUT2D eigenvalue weighted by Gasteiger charge is -2.15. The van der Waals surface area contributed by atoms with Gasteiger partial charge in [0.2, 0.25) is 0 Å². The van der Waals surface area contributed by atoms with Crippen LogP contribution in [0.1, 0.15) is 57.7 Å². The summed E-state index contributed by atoms with van der Waals surface area (Å²) in [6.07, 6.45) is -0.360. The van der Waals surface area contributed by atoms with Crippen LogP contribution >= 0.6 is 0 Å². The van der Waals surface area contributed by atoms with Gasteiger partial charge >= 0.3 is 5.97 Å². The van der Waals surface area contributed by atoms with Crippen LogP contribution in [0.5, 0.6) is 0 Å². The van der Waals surface area contributed by atoms with Crippen LogP contribution in [0.2, 0.25) is 0 Å². The number of imide groups is 1. The van der Waals surface area contributed by atoms with Crippen molar-refractivity contribution < 1.29 is 24.0 Å². The Hall–Kier alpha value is -3.55. The number of benzene rings is 2. The first-order valence-electron chi connectivity index (χ1n) is 9.18. The topological polar surface area (TPSA) is 107 Å². The summed E-state index contributed by atoms with van der Waals surface area (Å²) in [7, 11) is 0. The molecule has 0 N–H and O–H groups in total. The molecule has 1 aliphatic rings. The number of esters is 1. The minimum Gasteiger partial charge on any atom is -0.458 e. The molecule has 0 spiro atoms. The van der Waals surface area contributed by atoms with Crippen molar-refractivity contribution in [3.63, 3.8) is 0 Å². The molecule has 3 rings (SSSR count). The van der Waals surface area contributed by atoms with E-state index in [4.69, 9.17) is 4.74 Å². The molecule has 2 aromatic carbocycles. The molecule has 0 fully saturated rings. The number of amides is 2. The lowest BCUT2D eigenvalue weighted by molar-refractivity contribution is -0.385. The highest BCUT2D eigenvalue weighted by Crippen LogP contribution is 2.25. The maximum atomic E-state index is 12.4. The number of aryl methyl sites for hydroxylation is 1. The zero-order valence-corrected chi connectivity index (χ0v) is 16.1. The van der Waals surface area contributed by atoms with Gasteiger partial charge in [0.1, 0.15) is 6.10 Å². The molecule has 8 nitrogen and oxygen atoms in total. The SMILES string of the molecule is Cc1ccc2c(c1)C(=O)N(CCCC(=O)O[C@H](C)c1cccc([N+](=O)[O-])c1)C2=O. The summed E-state index contributed by atoms with van der Waals surface area (Å²) in [6, 6.07) is 11.0. The monoisotopic (exact) mass is 396 g/mol. The van der Waals surface area contributed by atoms with Gasteiger partial charge in [-0.15, -0.1) is 0 Å². The second-order valence-corrected chi connectivity index (χ2v) is 6.90. The molecule has 0 saturated carbocycles. The molecule has 2 amide bonds. The zero-order valence-electron chi connectivity index (χ0n) is 16.1. The van der Waals surface area contributed by atoms with E-state index in [2.05, 4.69) is 0 Å². The van der Waals surface area contributed by atoms with Crippen LogP contribution in [-0.4, -0.2) is 34.2 Å². The lowest BCUT2D eigenvalue weighted by Crippen LogP contribution is -2.31. The fourth-order valence-electron chi connectivity index (χ4n) is 3.20. The predicted octanol–water partition coefficient (Wildman–Crippen LogP) is 3.58.